The van der Waals surface area contributed by atoms with Crippen molar-refractivity contribution in [3.63, 3.8) is 0 Å². The standard InChI is InChI=1S/C23H30N4O2/c1-3-29-23(28)19-9-13-27(14-10-19)22-20-16-26(15-18-7-5-4-6-8-18)12-11-21(20)24-17(2)25-22/h4-8,19H,3,9-16H2,1-2H3. The highest BCUT2D eigenvalue weighted by molar-refractivity contribution is 5.73. The van der Waals surface area contributed by atoms with Crippen molar-refractivity contribution in [3.05, 3.63) is 53.0 Å². The van der Waals surface area contributed by atoms with Crippen LogP contribution < -0.4 is 4.90 Å². The van der Waals surface area contributed by atoms with E-state index in [9.17, 15) is 4.79 Å². The molecule has 2 aliphatic rings. The topological polar surface area (TPSA) is 58.6 Å². The van der Waals surface area contributed by atoms with E-state index in [1.54, 1.807) is 0 Å². The monoisotopic (exact) mass is 394 g/mol. The Morgan fingerprint density at radius 2 is 1.90 bits per heavy atom. The molecule has 0 bridgehead atoms. The number of hydrogen-bond acceptors (Lipinski definition) is 6. The Morgan fingerprint density at radius 3 is 2.62 bits per heavy atom. The number of piperidine rings is 1. The van der Waals surface area contributed by atoms with Crippen LogP contribution in [0.2, 0.25) is 0 Å². The molecule has 1 aromatic heterocycles. The van der Waals surface area contributed by atoms with E-state index in [1.807, 2.05) is 13.8 Å². The van der Waals surface area contributed by atoms with E-state index in [4.69, 9.17) is 14.7 Å². The van der Waals surface area contributed by atoms with Gasteiger partial charge in [0.2, 0.25) is 0 Å². The Kier molecular flexibility index (Phi) is 6.09. The smallest absolute Gasteiger partial charge is 0.309 e. The molecular formula is C23H30N4O2. The number of carbonyl (C=O) groups excluding carboxylic acids is 1. The predicted molar refractivity (Wildman–Crippen MR) is 113 cm³/mol. The Morgan fingerprint density at radius 1 is 1.14 bits per heavy atom. The van der Waals surface area contributed by atoms with Gasteiger partial charge in [0.25, 0.3) is 0 Å². The molecule has 6 heteroatoms. The summed E-state index contributed by atoms with van der Waals surface area (Å²) in [5.74, 6) is 1.86. The highest BCUT2D eigenvalue weighted by atomic mass is 16.5. The molecule has 2 aliphatic heterocycles. The van der Waals surface area contributed by atoms with Gasteiger partial charge in [-0.05, 0) is 32.3 Å². The molecule has 4 rings (SSSR count). The van der Waals surface area contributed by atoms with E-state index >= 15 is 0 Å². The average molecular weight is 395 g/mol. The summed E-state index contributed by atoms with van der Waals surface area (Å²) in [4.78, 5) is 26.5. The van der Waals surface area contributed by atoms with Crippen LogP contribution in [0.3, 0.4) is 0 Å². The van der Waals surface area contributed by atoms with Crippen LogP contribution in [-0.4, -0.2) is 47.1 Å². The van der Waals surface area contributed by atoms with Crippen LogP contribution in [0.25, 0.3) is 0 Å². The second-order valence-electron chi connectivity index (χ2n) is 7.98. The van der Waals surface area contributed by atoms with Gasteiger partial charge in [-0.25, -0.2) is 9.97 Å². The van der Waals surface area contributed by atoms with Crippen molar-refractivity contribution < 1.29 is 9.53 Å². The normalized spacial score (nSPS) is 17.8. The minimum absolute atomic E-state index is 0.0135. The summed E-state index contributed by atoms with van der Waals surface area (Å²) in [6.45, 7) is 8.81. The van der Waals surface area contributed by atoms with Crippen LogP contribution in [0, 0.1) is 12.8 Å². The Labute approximate surface area is 172 Å². The molecule has 154 valence electrons. The SMILES string of the molecule is CCOC(=O)C1CCN(c2nc(C)nc3c2CN(Cc2ccccc2)CC3)CC1. The second-order valence-corrected chi connectivity index (χ2v) is 7.98. The number of hydrogen-bond donors (Lipinski definition) is 0. The summed E-state index contributed by atoms with van der Waals surface area (Å²) in [5, 5.41) is 0. The zero-order valence-electron chi connectivity index (χ0n) is 17.4. The molecule has 29 heavy (non-hydrogen) atoms. The number of aromatic nitrogens is 2. The van der Waals surface area contributed by atoms with E-state index in [0.717, 1.165) is 63.6 Å². The minimum Gasteiger partial charge on any atom is -0.466 e. The molecule has 0 N–H and O–H groups in total. The maximum Gasteiger partial charge on any atom is 0.309 e. The first kappa shape index (κ1) is 19.8. The fourth-order valence-electron chi connectivity index (χ4n) is 4.40. The lowest BCUT2D eigenvalue weighted by Crippen LogP contribution is -2.40. The summed E-state index contributed by atoms with van der Waals surface area (Å²) in [6, 6.07) is 10.6. The van der Waals surface area contributed by atoms with E-state index in [0.29, 0.717) is 6.61 Å². The fourth-order valence-corrected chi connectivity index (χ4v) is 4.40. The van der Waals surface area contributed by atoms with E-state index in [1.165, 1.54) is 16.8 Å². The molecule has 0 aliphatic carbocycles. The summed E-state index contributed by atoms with van der Waals surface area (Å²) in [5.41, 5.74) is 3.78. The Balaban J connectivity index is 1.49. The van der Waals surface area contributed by atoms with Crippen molar-refractivity contribution in [1.82, 2.24) is 14.9 Å². The van der Waals surface area contributed by atoms with Crippen molar-refractivity contribution >= 4 is 11.8 Å². The van der Waals surface area contributed by atoms with Gasteiger partial charge in [-0.3, -0.25) is 9.69 Å². The van der Waals surface area contributed by atoms with Crippen LogP contribution in [-0.2, 0) is 29.0 Å². The number of carbonyl (C=O) groups is 1. The lowest BCUT2D eigenvalue weighted by Gasteiger charge is -2.36. The third-order valence-electron chi connectivity index (χ3n) is 5.89. The lowest BCUT2D eigenvalue weighted by atomic mass is 9.96. The predicted octanol–water partition coefficient (Wildman–Crippen LogP) is 3.12. The molecule has 0 radical (unpaired) electrons. The van der Waals surface area contributed by atoms with Crippen LogP contribution in [0.15, 0.2) is 30.3 Å². The highest BCUT2D eigenvalue weighted by Gasteiger charge is 2.30. The Hall–Kier alpha value is -2.47. The molecule has 1 saturated heterocycles. The van der Waals surface area contributed by atoms with Gasteiger partial charge in [0.1, 0.15) is 11.6 Å². The van der Waals surface area contributed by atoms with Crippen molar-refractivity contribution in [2.75, 3.05) is 31.1 Å². The third-order valence-corrected chi connectivity index (χ3v) is 5.89. The van der Waals surface area contributed by atoms with E-state index in [2.05, 4.69) is 40.1 Å². The van der Waals surface area contributed by atoms with Gasteiger partial charge in [-0.2, -0.15) is 0 Å². The first-order valence-corrected chi connectivity index (χ1v) is 10.7. The van der Waals surface area contributed by atoms with Gasteiger partial charge in [-0.15, -0.1) is 0 Å². The van der Waals surface area contributed by atoms with Gasteiger partial charge in [0, 0.05) is 44.7 Å². The molecule has 0 unspecified atom stereocenters. The van der Waals surface area contributed by atoms with Gasteiger partial charge < -0.3 is 9.64 Å². The largest absolute Gasteiger partial charge is 0.466 e. The number of ether oxygens (including phenoxy) is 1. The van der Waals surface area contributed by atoms with Crippen LogP contribution in [0.4, 0.5) is 5.82 Å². The molecule has 1 fully saturated rings. The number of benzene rings is 1. The molecule has 0 amide bonds. The van der Waals surface area contributed by atoms with Gasteiger partial charge in [0.15, 0.2) is 0 Å². The van der Waals surface area contributed by atoms with Crippen LogP contribution >= 0.6 is 0 Å². The second kappa shape index (κ2) is 8.91. The maximum atomic E-state index is 12.1. The van der Waals surface area contributed by atoms with Crippen molar-refractivity contribution in [1.29, 1.82) is 0 Å². The molecular weight excluding hydrogens is 364 g/mol. The van der Waals surface area contributed by atoms with Crippen LogP contribution in [0.1, 0.15) is 42.4 Å². The first-order chi connectivity index (χ1) is 14.1. The fraction of sp³-hybridized carbons (Fsp3) is 0.522. The number of rotatable bonds is 5. The average Bonchev–Trinajstić information content (AvgIpc) is 2.74. The zero-order chi connectivity index (χ0) is 20.2. The zero-order valence-corrected chi connectivity index (χ0v) is 17.4. The van der Waals surface area contributed by atoms with E-state index < -0.39 is 0 Å². The number of anilines is 1. The van der Waals surface area contributed by atoms with E-state index in [-0.39, 0.29) is 11.9 Å². The molecule has 0 atom stereocenters. The van der Waals surface area contributed by atoms with Gasteiger partial charge >= 0.3 is 5.97 Å². The first-order valence-electron chi connectivity index (χ1n) is 10.7. The molecule has 1 aromatic carbocycles. The Bertz CT molecular complexity index is 847. The van der Waals surface area contributed by atoms with Gasteiger partial charge in [0.05, 0.1) is 18.2 Å². The minimum atomic E-state index is -0.0536. The summed E-state index contributed by atoms with van der Waals surface area (Å²) in [7, 11) is 0. The number of aryl methyl sites for hydroxylation is 1. The number of fused-ring (bicyclic) bond motifs is 1. The van der Waals surface area contributed by atoms with Crippen molar-refractivity contribution in [3.8, 4) is 0 Å². The summed E-state index contributed by atoms with van der Waals surface area (Å²) in [6.07, 6.45) is 2.60. The molecule has 3 heterocycles. The quantitative estimate of drug-likeness (QED) is 0.727. The lowest BCUT2D eigenvalue weighted by molar-refractivity contribution is -0.148. The number of nitrogens with zero attached hydrogens (tertiary/aromatic N) is 4. The molecule has 0 saturated carbocycles. The number of esters is 1. The highest BCUT2D eigenvalue weighted by Crippen LogP contribution is 2.30. The molecule has 0 spiro atoms. The van der Waals surface area contributed by atoms with Crippen LogP contribution in [0.5, 0.6) is 0 Å². The van der Waals surface area contributed by atoms with Crippen molar-refractivity contribution in [2.45, 2.75) is 46.2 Å². The van der Waals surface area contributed by atoms with Gasteiger partial charge in [-0.1, -0.05) is 30.3 Å². The molecule has 2 aromatic rings. The third kappa shape index (κ3) is 4.58. The summed E-state index contributed by atoms with van der Waals surface area (Å²) < 4.78 is 5.21. The maximum absolute atomic E-state index is 12.1. The molecule has 6 nitrogen and oxygen atoms in total. The van der Waals surface area contributed by atoms with Crippen molar-refractivity contribution in [2.24, 2.45) is 5.92 Å². The summed E-state index contributed by atoms with van der Waals surface area (Å²) >= 11 is 0.